The number of piperazine rings is 1. The van der Waals surface area contributed by atoms with Crippen LogP contribution in [0.2, 0.25) is 0 Å². The summed E-state index contributed by atoms with van der Waals surface area (Å²) in [6.45, 7) is 7.19. The number of pyridine rings is 1. The Labute approximate surface area is 208 Å². The third-order valence-electron chi connectivity index (χ3n) is 7.05. The van der Waals surface area contributed by atoms with E-state index in [0.29, 0.717) is 12.5 Å². The van der Waals surface area contributed by atoms with Gasteiger partial charge in [-0.25, -0.2) is 4.98 Å². The normalized spacial score (nSPS) is 18.9. The minimum atomic E-state index is 0.127. The first-order valence-corrected chi connectivity index (χ1v) is 12.7. The van der Waals surface area contributed by atoms with Gasteiger partial charge in [0.1, 0.15) is 18.2 Å². The fraction of sp³-hybridized carbons (Fsp3) is 0.379. The Morgan fingerprint density at radius 1 is 0.886 bits per heavy atom. The predicted octanol–water partition coefficient (Wildman–Crippen LogP) is 4.34. The number of anilines is 1. The van der Waals surface area contributed by atoms with E-state index in [-0.39, 0.29) is 5.91 Å². The molecular weight excluding hydrogens is 436 g/mol. The summed E-state index contributed by atoms with van der Waals surface area (Å²) in [6, 6.07) is 23.7. The van der Waals surface area contributed by atoms with Crippen molar-refractivity contribution in [1.82, 2.24) is 14.8 Å². The molecule has 2 fully saturated rings. The smallest absolute Gasteiger partial charge is 0.254 e. The van der Waals surface area contributed by atoms with Gasteiger partial charge in [0.15, 0.2) is 0 Å². The zero-order valence-electron chi connectivity index (χ0n) is 20.3. The van der Waals surface area contributed by atoms with Gasteiger partial charge in [0.2, 0.25) is 0 Å². The SMILES string of the molecule is O=C(c1ccccc1COc1ccccc1)N1CCCC(CN2CCN(c3ccccn3)CC2)C1. The number of carbonyl (C=O) groups excluding carboxylic acids is 1. The summed E-state index contributed by atoms with van der Waals surface area (Å²) in [5.41, 5.74) is 1.70. The number of amides is 1. The van der Waals surface area contributed by atoms with Crippen LogP contribution < -0.4 is 9.64 Å². The van der Waals surface area contributed by atoms with E-state index in [1.54, 1.807) is 0 Å². The van der Waals surface area contributed by atoms with E-state index in [4.69, 9.17) is 4.74 Å². The van der Waals surface area contributed by atoms with Crippen molar-refractivity contribution < 1.29 is 9.53 Å². The van der Waals surface area contributed by atoms with E-state index < -0.39 is 0 Å². The first-order chi connectivity index (χ1) is 17.3. The van der Waals surface area contributed by atoms with Crippen molar-refractivity contribution in [3.05, 3.63) is 90.1 Å². The van der Waals surface area contributed by atoms with Gasteiger partial charge in [-0.3, -0.25) is 9.69 Å². The molecule has 1 unspecified atom stereocenters. The molecule has 0 N–H and O–H groups in total. The van der Waals surface area contributed by atoms with Crippen LogP contribution in [-0.2, 0) is 6.61 Å². The second kappa shape index (κ2) is 11.4. The van der Waals surface area contributed by atoms with E-state index in [1.807, 2.05) is 72.9 Å². The summed E-state index contributed by atoms with van der Waals surface area (Å²) in [7, 11) is 0. The fourth-order valence-corrected chi connectivity index (χ4v) is 5.17. The Morgan fingerprint density at radius 3 is 2.46 bits per heavy atom. The Bertz CT molecular complexity index is 1080. The number of carbonyl (C=O) groups is 1. The zero-order chi connectivity index (χ0) is 23.9. The summed E-state index contributed by atoms with van der Waals surface area (Å²) in [5.74, 6) is 2.52. The Morgan fingerprint density at radius 2 is 1.66 bits per heavy atom. The molecule has 0 saturated carbocycles. The van der Waals surface area contributed by atoms with Crippen molar-refractivity contribution in [3.8, 4) is 5.75 Å². The van der Waals surface area contributed by atoms with Gasteiger partial charge in [0.25, 0.3) is 5.91 Å². The summed E-state index contributed by atoms with van der Waals surface area (Å²) >= 11 is 0. The lowest BCUT2D eigenvalue weighted by Gasteiger charge is -2.39. The highest BCUT2D eigenvalue weighted by Crippen LogP contribution is 2.23. The highest BCUT2D eigenvalue weighted by atomic mass is 16.5. The minimum Gasteiger partial charge on any atom is -0.489 e. The molecule has 2 aromatic carbocycles. The standard InChI is InChI=1S/C29H34N4O2/c34-29(27-13-5-4-10-25(27)23-35-26-11-2-1-3-12-26)33-16-8-9-24(22-33)21-31-17-19-32(20-18-31)28-14-6-7-15-30-28/h1-7,10-15,24H,8-9,16-23H2. The van der Waals surface area contributed by atoms with Gasteiger partial charge < -0.3 is 14.5 Å². The molecule has 1 atom stereocenters. The predicted molar refractivity (Wildman–Crippen MR) is 139 cm³/mol. The number of aromatic nitrogens is 1. The van der Waals surface area contributed by atoms with E-state index in [0.717, 1.165) is 74.9 Å². The largest absolute Gasteiger partial charge is 0.489 e. The maximum atomic E-state index is 13.5. The van der Waals surface area contributed by atoms with Crippen molar-refractivity contribution in [2.45, 2.75) is 19.4 Å². The Balaban J connectivity index is 1.16. The molecule has 0 radical (unpaired) electrons. The van der Waals surface area contributed by atoms with Crippen molar-refractivity contribution in [2.24, 2.45) is 5.92 Å². The fourth-order valence-electron chi connectivity index (χ4n) is 5.17. The van der Waals surface area contributed by atoms with Crippen molar-refractivity contribution in [3.63, 3.8) is 0 Å². The van der Waals surface area contributed by atoms with Crippen molar-refractivity contribution >= 4 is 11.7 Å². The molecule has 0 bridgehead atoms. The van der Waals surface area contributed by atoms with E-state index in [9.17, 15) is 4.79 Å². The van der Waals surface area contributed by atoms with Gasteiger partial charge in [-0.05, 0) is 49.1 Å². The summed E-state index contributed by atoms with van der Waals surface area (Å²) in [5, 5.41) is 0. The number of para-hydroxylation sites is 1. The topological polar surface area (TPSA) is 48.9 Å². The van der Waals surface area contributed by atoms with Crippen molar-refractivity contribution in [2.75, 3.05) is 50.7 Å². The Kier molecular flexibility index (Phi) is 7.59. The lowest BCUT2D eigenvalue weighted by Crippen LogP contribution is -2.50. The van der Waals surface area contributed by atoms with E-state index >= 15 is 0 Å². The van der Waals surface area contributed by atoms with E-state index in [2.05, 4.69) is 25.8 Å². The molecule has 2 aliphatic rings. The summed E-state index contributed by atoms with van der Waals surface area (Å²) in [4.78, 5) is 25.0. The van der Waals surface area contributed by atoms with Gasteiger partial charge in [-0.2, -0.15) is 0 Å². The van der Waals surface area contributed by atoms with E-state index in [1.165, 1.54) is 6.42 Å². The molecule has 3 aromatic rings. The second-order valence-corrected chi connectivity index (χ2v) is 9.49. The highest BCUT2D eigenvalue weighted by Gasteiger charge is 2.28. The molecule has 0 aliphatic carbocycles. The first-order valence-electron chi connectivity index (χ1n) is 12.7. The number of likely N-dealkylation sites (tertiary alicyclic amines) is 1. The summed E-state index contributed by atoms with van der Waals surface area (Å²) < 4.78 is 5.95. The zero-order valence-corrected chi connectivity index (χ0v) is 20.3. The van der Waals surface area contributed by atoms with Crippen LogP contribution in [0, 0.1) is 5.92 Å². The van der Waals surface area contributed by atoms with Crippen LogP contribution in [0.15, 0.2) is 79.0 Å². The quantitative estimate of drug-likeness (QED) is 0.514. The van der Waals surface area contributed by atoms with Crippen molar-refractivity contribution in [1.29, 1.82) is 0 Å². The first kappa shape index (κ1) is 23.4. The van der Waals surface area contributed by atoms with Crippen LogP contribution in [-0.4, -0.2) is 66.5 Å². The maximum absolute atomic E-state index is 13.5. The average Bonchev–Trinajstić information content (AvgIpc) is 2.93. The number of hydrogen-bond acceptors (Lipinski definition) is 5. The second-order valence-electron chi connectivity index (χ2n) is 9.49. The molecule has 3 heterocycles. The van der Waals surface area contributed by atoms with Crippen LogP contribution in [0.25, 0.3) is 0 Å². The molecule has 0 spiro atoms. The van der Waals surface area contributed by atoms with Crippen LogP contribution in [0.1, 0.15) is 28.8 Å². The van der Waals surface area contributed by atoms with Gasteiger partial charge in [0, 0.05) is 63.1 Å². The third kappa shape index (κ3) is 6.01. The van der Waals surface area contributed by atoms with Gasteiger partial charge >= 0.3 is 0 Å². The van der Waals surface area contributed by atoms with Crippen LogP contribution in [0.4, 0.5) is 5.82 Å². The molecular formula is C29H34N4O2. The Hall–Kier alpha value is -3.38. The molecule has 35 heavy (non-hydrogen) atoms. The number of ether oxygens (including phenoxy) is 1. The lowest BCUT2D eigenvalue weighted by atomic mass is 9.96. The minimum absolute atomic E-state index is 0.127. The van der Waals surface area contributed by atoms with Crippen LogP contribution >= 0.6 is 0 Å². The molecule has 1 amide bonds. The number of nitrogens with zero attached hydrogens (tertiary/aromatic N) is 4. The molecule has 182 valence electrons. The average molecular weight is 471 g/mol. The summed E-state index contributed by atoms with van der Waals surface area (Å²) in [6.07, 6.45) is 4.11. The third-order valence-corrected chi connectivity index (χ3v) is 7.05. The molecule has 2 saturated heterocycles. The highest BCUT2D eigenvalue weighted by molar-refractivity contribution is 5.95. The van der Waals surface area contributed by atoms with Crippen LogP contribution in [0.5, 0.6) is 5.75 Å². The molecule has 6 nitrogen and oxygen atoms in total. The molecule has 5 rings (SSSR count). The monoisotopic (exact) mass is 470 g/mol. The van der Waals surface area contributed by atoms with Gasteiger partial charge in [0.05, 0.1) is 0 Å². The molecule has 6 heteroatoms. The van der Waals surface area contributed by atoms with Gasteiger partial charge in [-0.1, -0.05) is 42.5 Å². The number of piperidine rings is 1. The molecule has 2 aliphatic heterocycles. The maximum Gasteiger partial charge on any atom is 0.254 e. The number of benzene rings is 2. The lowest BCUT2D eigenvalue weighted by molar-refractivity contribution is 0.0634. The van der Waals surface area contributed by atoms with Crippen LogP contribution in [0.3, 0.4) is 0 Å². The number of rotatable bonds is 7. The van der Waals surface area contributed by atoms with Gasteiger partial charge in [-0.15, -0.1) is 0 Å². The molecule has 1 aromatic heterocycles. The number of hydrogen-bond donors (Lipinski definition) is 0.